The number of hydrogen-bond donors (Lipinski definition) is 0. The van der Waals surface area contributed by atoms with Gasteiger partial charge >= 0.3 is 0 Å². The van der Waals surface area contributed by atoms with Crippen molar-refractivity contribution in [1.82, 2.24) is 4.57 Å². The summed E-state index contributed by atoms with van der Waals surface area (Å²) in [6.07, 6.45) is 4.12. The summed E-state index contributed by atoms with van der Waals surface area (Å²) < 4.78 is 36.9. The first-order valence-electron chi connectivity index (χ1n) is 13.1. The second-order valence-corrected chi connectivity index (χ2v) is 13.2. The highest BCUT2D eigenvalue weighted by Crippen LogP contribution is 2.44. The minimum Gasteiger partial charge on any atom is -0.744 e. The summed E-state index contributed by atoms with van der Waals surface area (Å²) in [4.78, 5) is 16.8. The van der Waals surface area contributed by atoms with Crippen molar-refractivity contribution in [2.75, 3.05) is 11.9 Å². The van der Waals surface area contributed by atoms with E-state index in [-0.39, 0.29) is 10.5 Å². The third-order valence-corrected chi connectivity index (χ3v) is 10.0. The fraction of sp³-hybridized carbons (Fsp3) is 0.125. The number of aryl methyl sites for hydroxylation is 2. The number of rotatable bonds is 4. The van der Waals surface area contributed by atoms with E-state index in [1.807, 2.05) is 74.2 Å². The average molecular weight is 616 g/mol. The van der Waals surface area contributed by atoms with E-state index in [0.717, 1.165) is 36.7 Å². The predicted octanol–water partition coefficient (Wildman–Crippen LogP) is 3.82. The van der Waals surface area contributed by atoms with Crippen LogP contribution in [0.4, 0.5) is 5.69 Å². The van der Waals surface area contributed by atoms with Crippen LogP contribution in [0, 0.1) is 6.92 Å². The van der Waals surface area contributed by atoms with Crippen LogP contribution < -0.4 is 24.2 Å². The van der Waals surface area contributed by atoms with E-state index in [1.54, 1.807) is 35.2 Å². The zero-order chi connectivity index (χ0) is 29.9. The van der Waals surface area contributed by atoms with Crippen molar-refractivity contribution >= 4 is 50.0 Å². The molecule has 0 N–H and O–H groups in total. The number of hydrogen-bond acceptors (Lipinski definition) is 7. The SMILES string of the molecule is CN1/C(=c2/s/c(=C\c3cccc[n+]3C)n(Cc3ccccc3)c2=O)Sc2ccccc21.Cc1ccc(S(=O)(=O)[O-])cc1. The van der Waals surface area contributed by atoms with Crippen molar-refractivity contribution in [3.05, 3.63) is 140 Å². The molecule has 0 radical (unpaired) electrons. The summed E-state index contributed by atoms with van der Waals surface area (Å²) in [5, 5.41) is 0.995. The van der Waals surface area contributed by atoms with Crippen LogP contribution in [0.1, 0.15) is 16.8 Å². The fourth-order valence-corrected chi connectivity index (χ4v) is 7.27. The van der Waals surface area contributed by atoms with Gasteiger partial charge in [-0.15, -0.1) is 11.3 Å². The number of fused-ring (bicyclic) bond motifs is 1. The van der Waals surface area contributed by atoms with Gasteiger partial charge in [0.25, 0.3) is 5.56 Å². The molecule has 0 saturated heterocycles. The molecule has 0 saturated carbocycles. The van der Waals surface area contributed by atoms with Gasteiger partial charge in [-0.25, -0.2) is 13.0 Å². The Morgan fingerprint density at radius 1 is 0.905 bits per heavy atom. The lowest BCUT2D eigenvalue weighted by molar-refractivity contribution is -0.673. The van der Waals surface area contributed by atoms with Crippen LogP contribution in [-0.4, -0.2) is 24.6 Å². The highest BCUT2D eigenvalue weighted by molar-refractivity contribution is 8.08. The molecule has 0 unspecified atom stereocenters. The van der Waals surface area contributed by atoms with Crippen molar-refractivity contribution < 1.29 is 17.5 Å². The van der Waals surface area contributed by atoms with Gasteiger partial charge in [0.15, 0.2) is 6.20 Å². The van der Waals surface area contributed by atoms with E-state index < -0.39 is 10.1 Å². The third kappa shape index (κ3) is 6.57. The summed E-state index contributed by atoms with van der Waals surface area (Å²) in [6, 6.07) is 30.3. The quantitative estimate of drug-likeness (QED) is 0.226. The Kier molecular flexibility index (Phi) is 8.79. The molecule has 3 heterocycles. The monoisotopic (exact) mass is 615 g/mol. The fourth-order valence-electron chi connectivity index (χ4n) is 4.40. The van der Waals surface area contributed by atoms with Crippen molar-refractivity contribution in [1.29, 1.82) is 0 Å². The van der Waals surface area contributed by atoms with E-state index in [1.165, 1.54) is 17.0 Å². The number of pyridine rings is 1. The standard InChI is InChI=1S/C25H22N3OS2.C7H8O3S/c1-26-15-9-8-12-19(26)16-22-28(17-18-10-4-3-5-11-18)24(29)23(31-22)25-27(2)20-13-6-7-14-21(20)30-25;1-6-2-4-7(5-3-6)11(8,9)10/h3-16H,17H2,1-2H3;2-5H,1H3,(H,8,9,10)/q+1;/p-1/b25-23-;. The summed E-state index contributed by atoms with van der Waals surface area (Å²) in [7, 11) is -0.213. The van der Waals surface area contributed by atoms with Crippen molar-refractivity contribution in [3.8, 4) is 0 Å². The molecule has 0 bridgehead atoms. The molecule has 1 aliphatic rings. The van der Waals surface area contributed by atoms with Crippen LogP contribution in [0.5, 0.6) is 0 Å². The number of anilines is 1. The molecule has 5 aromatic rings. The predicted molar refractivity (Wildman–Crippen MR) is 168 cm³/mol. The van der Waals surface area contributed by atoms with Crippen molar-refractivity contribution in [2.24, 2.45) is 7.05 Å². The summed E-state index contributed by atoms with van der Waals surface area (Å²) in [5.74, 6) is 0. The maximum atomic E-state index is 13.6. The first-order chi connectivity index (χ1) is 20.1. The Bertz CT molecular complexity index is 2020. The van der Waals surface area contributed by atoms with Crippen LogP contribution >= 0.6 is 23.1 Å². The second kappa shape index (κ2) is 12.5. The number of benzene rings is 3. The zero-order valence-corrected chi connectivity index (χ0v) is 25.7. The lowest BCUT2D eigenvalue weighted by Gasteiger charge is -2.11. The zero-order valence-electron chi connectivity index (χ0n) is 23.3. The Balaban J connectivity index is 0.000000271. The molecule has 0 fully saturated rings. The van der Waals surface area contributed by atoms with E-state index in [2.05, 4.69) is 45.9 Å². The highest BCUT2D eigenvalue weighted by atomic mass is 32.2. The number of nitrogens with zero attached hydrogens (tertiary/aromatic N) is 3. The summed E-state index contributed by atoms with van der Waals surface area (Å²) in [6.45, 7) is 2.37. The molecule has 2 aromatic heterocycles. The Hall–Kier alpha value is -3.96. The van der Waals surface area contributed by atoms with Crippen molar-refractivity contribution in [3.63, 3.8) is 0 Å². The summed E-state index contributed by atoms with van der Waals surface area (Å²) in [5.41, 5.74) is 4.29. The number of thioether (sulfide) groups is 1. The molecule has 1 aliphatic heterocycles. The van der Waals surface area contributed by atoms with E-state index in [0.29, 0.717) is 6.54 Å². The van der Waals surface area contributed by atoms with E-state index in [9.17, 15) is 17.8 Å². The van der Waals surface area contributed by atoms with Crippen LogP contribution in [0.25, 0.3) is 11.1 Å². The second-order valence-electron chi connectivity index (χ2n) is 9.73. The Morgan fingerprint density at radius 2 is 1.57 bits per heavy atom. The van der Waals surface area contributed by atoms with Gasteiger partial charge in [-0.1, -0.05) is 71.9 Å². The Morgan fingerprint density at radius 3 is 2.24 bits per heavy atom. The smallest absolute Gasteiger partial charge is 0.272 e. The van der Waals surface area contributed by atoms with E-state index in [4.69, 9.17) is 0 Å². The lowest BCUT2D eigenvalue weighted by Crippen LogP contribution is -2.35. The summed E-state index contributed by atoms with van der Waals surface area (Å²) >= 11 is 3.23. The number of aromatic nitrogens is 2. The van der Waals surface area contributed by atoms with Gasteiger partial charge in [-0.3, -0.25) is 9.36 Å². The van der Waals surface area contributed by atoms with Gasteiger partial charge in [-0.2, -0.15) is 0 Å². The van der Waals surface area contributed by atoms with Gasteiger partial charge in [0.1, 0.15) is 31.4 Å². The minimum absolute atomic E-state index is 0.0563. The van der Waals surface area contributed by atoms with Gasteiger partial charge in [0, 0.05) is 30.2 Å². The van der Waals surface area contributed by atoms with Crippen LogP contribution in [0.15, 0.2) is 118 Å². The normalized spacial score (nSPS) is 14.4. The number of thiazole rings is 1. The molecule has 10 heteroatoms. The molecule has 6 rings (SSSR count). The van der Waals surface area contributed by atoms with Crippen molar-refractivity contribution in [2.45, 2.75) is 23.3 Å². The average Bonchev–Trinajstić information content (AvgIpc) is 3.46. The molecule has 7 nitrogen and oxygen atoms in total. The third-order valence-electron chi connectivity index (χ3n) is 6.70. The van der Waals surface area contributed by atoms with Crippen LogP contribution in [0.3, 0.4) is 0 Å². The van der Waals surface area contributed by atoms with Gasteiger partial charge in [0.2, 0.25) is 5.69 Å². The largest absolute Gasteiger partial charge is 0.744 e. The maximum Gasteiger partial charge on any atom is 0.272 e. The topological polar surface area (TPSA) is 86.3 Å². The van der Waals surface area contributed by atoms with E-state index >= 15 is 0 Å². The molecule has 214 valence electrons. The minimum atomic E-state index is -4.27. The van der Waals surface area contributed by atoms with Crippen LogP contribution in [-0.2, 0) is 23.7 Å². The van der Waals surface area contributed by atoms with Gasteiger partial charge in [0.05, 0.1) is 17.1 Å². The molecular weight excluding hydrogens is 587 g/mol. The molecule has 3 aromatic carbocycles. The lowest BCUT2D eigenvalue weighted by atomic mass is 10.2. The first-order valence-corrected chi connectivity index (χ1v) is 16.1. The Labute approximate surface area is 253 Å². The molecule has 0 aliphatic carbocycles. The van der Waals surface area contributed by atoms with Gasteiger partial charge in [-0.05, 0) is 42.8 Å². The van der Waals surface area contributed by atoms with Crippen LogP contribution in [0.2, 0.25) is 0 Å². The molecular formula is C32H29N3O4S3. The first kappa shape index (κ1) is 29.5. The maximum absolute atomic E-state index is 13.6. The van der Waals surface area contributed by atoms with Gasteiger partial charge < -0.3 is 9.45 Å². The molecule has 0 spiro atoms. The molecule has 42 heavy (non-hydrogen) atoms. The molecule has 0 amide bonds. The molecule has 0 atom stereocenters. The number of para-hydroxylation sites is 1. The highest BCUT2D eigenvalue weighted by Gasteiger charge is 2.24.